The van der Waals surface area contributed by atoms with Gasteiger partial charge >= 0.3 is 0 Å². The molecular weight excluding hydrogens is 312 g/mol. The Labute approximate surface area is 148 Å². The molecule has 2 aromatic rings. The molecule has 0 saturated heterocycles. The van der Waals surface area contributed by atoms with Gasteiger partial charge in [0.05, 0.1) is 6.04 Å². The number of thiocarbonyl (C=S) groups is 1. The van der Waals surface area contributed by atoms with Gasteiger partial charge in [0.15, 0.2) is 5.11 Å². The minimum atomic E-state index is 0.175. The summed E-state index contributed by atoms with van der Waals surface area (Å²) in [7, 11) is 0. The van der Waals surface area contributed by atoms with Crippen LogP contribution in [0.1, 0.15) is 36.4 Å². The molecule has 0 saturated carbocycles. The van der Waals surface area contributed by atoms with E-state index in [0.29, 0.717) is 5.11 Å². The molecule has 4 rings (SSSR count). The molecule has 1 heterocycles. The van der Waals surface area contributed by atoms with E-state index >= 15 is 0 Å². The summed E-state index contributed by atoms with van der Waals surface area (Å²) in [6, 6.07) is 21.3. The Morgan fingerprint density at radius 1 is 0.917 bits per heavy atom. The second-order valence-electron chi connectivity index (χ2n) is 6.28. The normalized spacial score (nSPS) is 21.9. The highest BCUT2D eigenvalue weighted by atomic mass is 32.1. The topological polar surface area (TPSA) is 24.1 Å². The summed E-state index contributed by atoms with van der Waals surface area (Å²) < 4.78 is 0. The molecule has 24 heavy (non-hydrogen) atoms. The summed E-state index contributed by atoms with van der Waals surface area (Å²) >= 11 is 5.49. The van der Waals surface area contributed by atoms with Crippen LogP contribution in [0.4, 0.5) is 0 Å². The van der Waals surface area contributed by atoms with Crippen LogP contribution in [0.5, 0.6) is 0 Å². The van der Waals surface area contributed by atoms with E-state index in [9.17, 15) is 0 Å². The molecule has 0 bridgehead atoms. The first-order valence-corrected chi connectivity index (χ1v) is 8.83. The quantitative estimate of drug-likeness (QED) is 0.778. The molecule has 1 aliphatic carbocycles. The SMILES string of the molecule is S=C1NC2=C(CCC/C2=C\c2ccccc2)[C@H](c2ccccc2)N1. The van der Waals surface area contributed by atoms with Crippen LogP contribution in [0, 0.1) is 0 Å². The molecule has 2 N–H and O–H groups in total. The third-order valence-corrected chi connectivity index (χ3v) is 4.89. The Kier molecular flexibility index (Phi) is 4.18. The molecule has 1 aliphatic heterocycles. The summed E-state index contributed by atoms with van der Waals surface area (Å²) in [5.41, 5.74) is 6.51. The maximum Gasteiger partial charge on any atom is 0.171 e. The van der Waals surface area contributed by atoms with Gasteiger partial charge in [0.2, 0.25) is 0 Å². The van der Waals surface area contributed by atoms with E-state index in [2.05, 4.69) is 77.4 Å². The van der Waals surface area contributed by atoms with Crippen molar-refractivity contribution in [3.63, 3.8) is 0 Å². The first kappa shape index (κ1) is 15.2. The summed E-state index contributed by atoms with van der Waals surface area (Å²) in [5.74, 6) is 0. The van der Waals surface area contributed by atoms with Crippen LogP contribution in [-0.2, 0) is 0 Å². The van der Waals surface area contributed by atoms with E-state index < -0.39 is 0 Å². The van der Waals surface area contributed by atoms with Crippen molar-refractivity contribution in [2.45, 2.75) is 25.3 Å². The average molecular weight is 332 g/mol. The predicted molar refractivity (Wildman–Crippen MR) is 103 cm³/mol. The zero-order chi connectivity index (χ0) is 16.4. The Bertz CT molecular complexity index is 806. The van der Waals surface area contributed by atoms with Crippen LogP contribution in [0.3, 0.4) is 0 Å². The van der Waals surface area contributed by atoms with Crippen LogP contribution in [0.2, 0.25) is 0 Å². The molecule has 3 heteroatoms. The highest BCUT2D eigenvalue weighted by molar-refractivity contribution is 7.80. The third-order valence-electron chi connectivity index (χ3n) is 4.67. The summed E-state index contributed by atoms with van der Waals surface area (Å²) in [5, 5.41) is 7.58. The van der Waals surface area contributed by atoms with Crippen LogP contribution < -0.4 is 10.6 Å². The highest BCUT2D eigenvalue weighted by Crippen LogP contribution is 2.38. The molecule has 2 aliphatic rings. The lowest BCUT2D eigenvalue weighted by Gasteiger charge is -2.36. The molecule has 0 spiro atoms. The zero-order valence-corrected chi connectivity index (χ0v) is 14.3. The fraction of sp³-hybridized carbons (Fsp3) is 0.190. The van der Waals surface area contributed by atoms with Crippen LogP contribution >= 0.6 is 12.2 Å². The molecule has 0 amide bonds. The Balaban J connectivity index is 1.77. The van der Waals surface area contributed by atoms with E-state index in [1.807, 2.05) is 0 Å². The fourth-order valence-corrected chi connectivity index (χ4v) is 3.79. The minimum absolute atomic E-state index is 0.175. The van der Waals surface area contributed by atoms with Gasteiger partial charge in [-0.3, -0.25) is 0 Å². The van der Waals surface area contributed by atoms with Crippen molar-refractivity contribution in [1.29, 1.82) is 0 Å². The summed E-state index contributed by atoms with van der Waals surface area (Å²) in [6.07, 6.45) is 5.66. The van der Waals surface area contributed by atoms with Gasteiger partial charge in [-0.15, -0.1) is 0 Å². The van der Waals surface area contributed by atoms with Crippen molar-refractivity contribution in [2.24, 2.45) is 0 Å². The van der Waals surface area contributed by atoms with Gasteiger partial charge in [0.1, 0.15) is 0 Å². The summed E-state index contributed by atoms with van der Waals surface area (Å²) in [6.45, 7) is 0. The van der Waals surface area contributed by atoms with Crippen molar-refractivity contribution in [1.82, 2.24) is 10.6 Å². The predicted octanol–water partition coefficient (Wildman–Crippen LogP) is 4.73. The first-order valence-electron chi connectivity index (χ1n) is 8.43. The molecule has 1 atom stereocenters. The van der Waals surface area contributed by atoms with E-state index in [0.717, 1.165) is 12.8 Å². The van der Waals surface area contributed by atoms with Crippen LogP contribution in [0.25, 0.3) is 6.08 Å². The number of nitrogens with one attached hydrogen (secondary N) is 2. The van der Waals surface area contributed by atoms with E-state index in [4.69, 9.17) is 12.2 Å². The van der Waals surface area contributed by atoms with Gasteiger partial charge < -0.3 is 10.6 Å². The lowest BCUT2D eigenvalue weighted by atomic mass is 9.83. The number of rotatable bonds is 2. The van der Waals surface area contributed by atoms with Crippen molar-refractivity contribution in [3.8, 4) is 0 Å². The van der Waals surface area contributed by atoms with Gasteiger partial charge in [-0.05, 0) is 59.8 Å². The minimum Gasteiger partial charge on any atom is -0.352 e. The Hall–Kier alpha value is -2.39. The van der Waals surface area contributed by atoms with Gasteiger partial charge in [-0.1, -0.05) is 60.7 Å². The standard InChI is InChI=1S/C21H20N2S/c24-21-22-19(16-10-5-2-6-11-16)18-13-7-12-17(20(18)23-21)14-15-8-3-1-4-9-15/h1-6,8-11,14,19H,7,12-13H2,(H2,22,23,24)/b17-14+/t19-/m0/s1. The van der Waals surface area contributed by atoms with Crippen molar-refractivity contribution < 1.29 is 0 Å². The van der Waals surface area contributed by atoms with Gasteiger partial charge in [-0.25, -0.2) is 0 Å². The van der Waals surface area contributed by atoms with Crippen molar-refractivity contribution in [2.75, 3.05) is 0 Å². The second kappa shape index (κ2) is 6.62. The number of allylic oxidation sites excluding steroid dienone is 1. The Morgan fingerprint density at radius 2 is 1.62 bits per heavy atom. The molecule has 120 valence electrons. The molecule has 0 unspecified atom stereocenters. The highest BCUT2D eigenvalue weighted by Gasteiger charge is 2.30. The van der Waals surface area contributed by atoms with Crippen molar-refractivity contribution in [3.05, 3.63) is 88.6 Å². The number of hydrogen-bond acceptors (Lipinski definition) is 1. The first-order chi connectivity index (χ1) is 11.8. The number of hydrogen-bond donors (Lipinski definition) is 2. The van der Waals surface area contributed by atoms with E-state index in [1.165, 1.54) is 34.4 Å². The van der Waals surface area contributed by atoms with Gasteiger partial charge in [0.25, 0.3) is 0 Å². The monoisotopic (exact) mass is 332 g/mol. The van der Waals surface area contributed by atoms with Gasteiger partial charge in [0, 0.05) is 5.70 Å². The fourth-order valence-electron chi connectivity index (χ4n) is 3.57. The lowest BCUT2D eigenvalue weighted by molar-refractivity contribution is 0.609. The maximum absolute atomic E-state index is 5.49. The number of benzene rings is 2. The molecular formula is C21H20N2S. The lowest BCUT2D eigenvalue weighted by Crippen LogP contribution is -2.45. The smallest absolute Gasteiger partial charge is 0.171 e. The summed E-state index contributed by atoms with van der Waals surface area (Å²) in [4.78, 5) is 0. The second-order valence-corrected chi connectivity index (χ2v) is 6.68. The van der Waals surface area contributed by atoms with Crippen LogP contribution in [-0.4, -0.2) is 5.11 Å². The molecule has 2 aromatic carbocycles. The molecule has 0 fully saturated rings. The van der Waals surface area contributed by atoms with Gasteiger partial charge in [-0.2, -0.15) is 0 Å². The Morgan fingerprint density at radius 3 is 2.38 bits per heavy atom. The maximum atomic E-state index is 5.49. The van der Waals surface area contributed by atoms with E-state index in [-0.39, 0.29) is 6.04 Å². The third kappa shape index (κ3) is 3.00. The largest absolute Gasteiger partial charge is 0.352 e. The van der Waals surface area contributed by atoms with E-state index in [1.54, 1.807) is 0 Å². The molecule has 0 radical (unpaired) electrons. The zero-order valence-electron chi connectivity index (χ0n) is 13.5. The van der Waals surface area contributed by atoms with Crippen molar-refractivity contribution >= 4 is 23.4 Å². The van der Waals surface area contributed by atoms with Crippen LogP contribution in [0.15, 0.2) is 77.5 Å². The molecule has 0 aromatic heterocycles. The molecule has 2 nitrogen and oxygen atoms in total. The average Bonchev–Trinajstić information content (AvgIpc) is 2.63.